The molecule has 0 spiro atoms. The molecule has 1 fully saturated rings. The number of carbonyl (C=O) groups is 1. The van der Waals surface area contributed by atoms with Crippen LogP contribution >= 0.6 is 0 Å². The first-order valence-corrected chi connectivity index (χ1v) is 7.05. The minimum absolute atomic E-state index is 0.0395. The molecule has 0 bridgehead atoms. The first kappa shape index (κ1) is 15.2. The van der Waals surface area contributed by atoms with Crippen LogP contribution < -0.4 is 5.73 Å². The number of amides is 1. The second-order valence-corrected chi connectivity index (χ2v) is 5.10. The fourth-order valence-corrected chi connectivity index (χ4v) is 2.51. The Kier molecular flexibility index (Phi) is 5.05. The summed E-state index contributed by atoms with van der Waals surface area (Å²) in [7, 11) is 0. The molecule has 1 aliphatic heterocycles. The Hall–Kier alpha value is -2.21. The summed E-state index contributed by atoms with van der Waals surface area (Å²) >= 11 is 0. The van der Waals surface area contributed by atoms with Gasteiger partial charge in [-0.05, 0) is 43.0 Å². The molecule has 2 rings (SSSR count). The van der Waals surface area contributed by atoms with E-state index in [0.717, 1.165) is 31.4 Å². The number of nitrogens with zero attached hydrogens (tertiary/aromatic N) is 2. The average molecular weight is 289 g/mol. The molecule has 0 aliphatic carbocycles. The van der Waals surface area contributed by atoms with E-state index in [1.807, 2.05) is 4.90 Å². The van der Waals surface area contributed by atoms with Crippen LogP contribution in [0.4, 0.5) is 5.69 Å². The Labute approximate surface area is 123 Å². The summed E-state index contributed by atoms with van der Waals surface area (Å²) in [5.74, 6) is -0.0523. The molecule has 1 amide bonds. The van der Waals surface area contributed by atoms with E-state index in [9.17, 15) is 14.9 Å². The highest BCUT2D eigenvalue weighted by Gasteiger charge is 2.23. The standard InChI is InChI=1S/C15H19N3O3/c16-11-14-3-1-2-10-17(14)15(19)9-6-12-4-7-13(8-5-12)18(20)21/h4-9,14H,1-3,10-11,16H2. The number of carbonyl (C=O) groups excluding carboxylic acids is 1. The topological polar surface area (TPSA) is 89.5 Å². The SMILES string of the molecule is NCC1CCCCN1C(=O)C=Cc1ccc([N+](=O)[O-])cc1. The molecule has 1 aromatic rings. The lowest BCUT2D eigenvalue weighted by Gasteiger charge is -2.34. The van der Waals surface area contributed by atoms with Crippen molar-refractivity contribution in [2.24, 2.45) is 5.73 Å². The zero-order valence-corrected chi connectivity index (χ0v) is 11.8. The second kappa shape index (κ2) is 6.99. The lowest BCUT2D eigenvalue weighted by atomic mass is 10.0. The van der Waals surface area contributed by atoms with E-state index in [-0.39, 0.29) is 17.6 Å². The summed E-state index contributed by atoms with van der Waals surface area (Å²) in [4.78, 5) is 24.1. The summed E-state index contributed by atoms with van der Waals surface area (Å²) in [5, 5.41) is 10.6. The van der Waals surface area contributed by atoms with Crippen LogP contribution in [0.25, 0.3) is 6.08 Å². The average Bonchev–Trinajstić information content (AvgIpc) is 2.52. The van der Waals surface area contributed by atoms with Gasteiger partial charge in [0.2, 0.25) is 5.91 Å². The molecule has 1 atom stereocenters. The number of nitro benzene ring substituents is 1. The highest BCUT2D eigenvalue weighted by Crippen LogP contribution is 2.17. The van der Waals surface area contributed by atoms with Crippen LogP contribution in [0.1, 0.15) is 24.8 Å². The highest BCUT2D eigenvalue weighted by atomic mass is 16.6. The van der Waals surface area contributed by atoms with Crippen molar-refractivity contribution in [2.75, 3.05) is 13.1 Å². The maximum absolute atomic E-state index is 12.2. The molecule has 1 aromatic carbocycles. The third-order valence-electron chi connectivity index (χ3n) is 3.70. The molecular formula is C15H19N3O3. The molecule has 1 heterocycles. The Balaban J connectivity index is 2.02. The minimum atomic E-state index is -0.446. The van der Waals surface area contributed by atoms with Gasteiger partial charge in [0.15, 0.2) is 0 Å². The third kappa shape index (κ3) is 3.88. The van der Waals surface area contributed by atoms with Crippen molar-refractivity contribution in [1.82, 2.24) is 4.90 Å². The number of likely N-dealkylation sites (tertiary alicyclic amines) is 1. The van der Waals surface area contributed by atoms with Crippen molar-refractivity contribution in [3.05, 3.63) is 46.0 Å². The lowest BCUT2D eigenvalue weighted by Crippen LogP contribution is -2.46. The molecule has 2 N–H and O–H groups in total. The van der Waals surface area contributed by atoms with Crippen LogP contribution in [-0.2, 0) is 4.79 Å². The van der Waals surface area contributed by atoms with Gasteiger partial charge in [0.1, 0.15) is 0 Å². The van der Waals surface area contributed by atoms with Crippen molar-refractivity contribution < 1.29 is 9.72 Å². The molecule has 0 radical (unpaired) electrons. The lowest BCUT2D eigenvalue weighted by molar-refractivity contribution is -0.384. The van der Waals surface area contributed by atoms with Gasteiger partial charge in [0.05, 0.1) is 4.92 Å². The molecule has 0 saturated carbocycles. The van der Waals surface area contributed by atoms with E-state index in [4.69, 9.17) is 5.73 Å². The summed E-state index contributed by atoms with van der Waals surface area (Å²) in [5.41, 5.74) is 6.50. The van der Waals surface area contributed by atoms with Crippen LogP contribution in [0.3, 0.4) is 0 Å². The van der Waals surface area contributed by atoms with Gasteiger partial charge in [0.25, 0.3) is 5.69 Å². The Morgan fingerprint density at radius 1 is 1.38 bits per heavy atom. The van der Waals surface area contributed by atoms with Gasteiger partial charge in [0, 0.05) is 37.3 Å². The van der Waals surface area contributed by atoms with Gasteiger partial charge in [-0.1, -0.05) is 0 Å². The minimum Gasteiger partial charge on any atom is -0.335 e. The van der Waals surface area contributed by atoms with Gasteiger partial charge >= 0.3 is 0 Å². The Morgan fingerprint density at radius 3 is 2.71 bits per heavy atom. The van der Waals surface area contributed by atoms with E-state index in [1.54, 1.807) is 18.2 Å². The fourth-order valence-electron chi connectivity index (χ4n) is 2.51. The fraction of sp³-hybridized carbons (Fsp3) is 0.400. The molecule has 0 aromatic heterocycles. The molecular weight excluding hydrogens is 270 g/mol. The van der Waals surface area contributed by atoms with E-state index in [2.05, 4.69) is 0 Å². The van der Waals surface area contributed by atoms with Gasteiger partial charge in [-0.25, -0.2) is 0 Å². The second-order valence-electron chi connectivity index (χ2n) is 5.10. The molecule has 21 heavy (non-hydrogen) atoms. The zero-order valence-electron chi connectivity index (χ0n) is 11.8. The molecule has 6 heteroatoms. The van der Waals surface area contributed by atoms with Crippen LogP contribution in [-0.4, -0.2) is 34.9 Å². The van der Waals surface area contributed by atoms with Crippen molar-refractivity contribution in [2.45, 2.75) is 25.3 Å². The molecule has 1 unspecified atom stereocenters. The van der Waals surface area contributed by atoms with Gasteiger partial charge in [-0.3, -0.25) is 14.9 Å². The smallest absolute Gasteiger partial charge is 0.269 e. The number of hydrogen-bond donors (Lipinski definition) is 1. The zero-order chi connectivity index (χ0) is 15.2. The maximum atomic E-state index is 12.2. The van der Waals surface area contributed by atoms with Crippen molar-refractivity contribution in [1.29, 1.82) is 0 Å². The summed E-state index contributed by atoms with van der Waals surface area (Å²) in [6, 6.07) is 6.21. The number of nitro groups is 1. The number of piperidine rings is 1. The first-order valence-electron chi connectivity index (χ1n) is 7.05. The number of hydrogen-bond acceptors (Lipinski definition) is 4. The first-order chi connectivity index (χ1) is 10.1. The molecule has 6 nitrogen and oxygen atoms in total. The van der Waals surface area contributed by atoms with Crippen LogP contribution in [0, 0.1) is 10.1 Å². The number of benzene rings is 1. The predicted octanol–water partition coefficient (Wildman–Crippen LogP) is 1.95. The van der Waals surface area contributed by atoms with Gasteiger partial charge in [-0.2, -0.15) is 0 Å². The summed E-state index contributed by atoms with van der Waals surface area (Å²) in [6.45, 7) is 1.22. The largest absolute Gasteiger partial charge is 0.335 e. The van der Waals surface area contributed by atoms with E-state index >= 15 is 0 Å². The van der Waals surface area contributed by atoms with E-state index in [1.165, 1.54) is 18.2 Å². The highest BCUT2D eigenvalue weighted by molar-refractivity contribution is 5.92. The maximum Gasteiger partial charge on any atom is 0.269 e. The van der Waals surface area contributed by atoms with Crippen molar-refractivity contribution in [3.8, 4) is 0 Å². The van der Waals surface area contributed by atoms with Gasteiger partial charge in [-0.15, -0.1) is 0 Å². The van der Waals surface area contributed by atoms with Crippen LogP contribution in [0.15, 0.2) is 30.3 Å². The van der Waals surface area contributed by atoms with Crippen molar-refractivity contribution in [3.63, 3.8) is 0 Å². The normalized spacial score (nSPS) is 18.9. The number of non-ortho nitro benzene ring substituents is 1. The number of nitrogens with two attached hydrogens (primary N) is 1. The predicted molar refractivity (Wildman–Crippen MR) is 80.5 cm³/mol. The quantitative estimate of drug-likeness (QED) is 0.521. The molecule has 112 valence electrons. The van der Waals surface area contributed by atoms with E-state index < -0.39 is 4.92 Å². The molecule has 1 aliphatic rings. The van der Waals surface area contributed by atoms with Gasteiger partial charge < -0.3 is 10.6 Å². The number of rotatable bonds is 4. The van der Waals surface area contributed by atoms with Crippen molar-refractivity contribution >= 4 is 17.7 Å². The monoisotopic (exact) mass is 289 g/mol. The van der Waals surface area contributed by atoms with Crippen LogP contribution in [0.5, 0.6) is 0 Å². The third-order valence-corrected chi connectivity index (χ3v) is 3.70. The summed E-state index contributed by atoms with van der Waals surface area (Å²) < 4.78 is 0. The Bertz CT molecular complexity index is 540. The summed E-state index contributed by atoms with van der Waals surface area (Å²) in [6.07, 6.45) is 6.25. The Morgan fingerprint density at radius 2 is 2.10 bits per heavy atom. The van der Waals surface area contributed by atoms with Crippen LogP contribution in [0.2, 0.25) is 0 Å². The molecule has 1 saturated heterocycles. The van der Waals surface area contributed by atoms with E-state index in [0.29, 0.717) is 6.54 Å².